The van der Waals surface area contributed by atoms with E-state index in [4.69, 9.17) is 4.74 Å². The SMILES string of the molecule is O=S1(=O)N=C(NCCCOc2cccc(CN3CCCCC3)c2)C(NCc2ccccc2)=N1. The van der Waals surface area contributed by atoms with Gasteiger partial charge in [-0.2, -0.15) is 8.42 Å². The lowest BCUT2D eigenvalue weighted by atomic mass is 10.1. The number of rotatable bonds is 9. The third-order valence-electron chi connectivity index (χ3n) is 5.58. The Morgan fingerprint density at radius 2 is 1.61 bits per heavy atom. The normalized spacial score (nSPS) is 17.8. The number of nitrogens with zero attached hydrogens (tertiary/aromatic N) is 3. The van der Waals surface area contributed by atoms with E-state index in [9.17, 15) is 8.42 Å². The topological polar surface area (TPSA) is 95.4 Å². The molecule has 9 heteroatoms. The smallest absolute Gasteiger partial charge is 0.367 e. The molecule has 1 saturated heterocycles. The number of nitrogens with one attached hydrogen (secondary N) is 2. The molecule has 2 heterocycles. The summed E-state index contributed by atoms with van der Waals surface area (Å²) in [5.41, 5.74) is 2.29. The fourth-order valence-electron chi connectivity index (χ4n) is 3.93. The number of amidine groups is 2. The fraction of sp³-hybridized carbons (Fsp3) is 0.417. The zero-order valence-corrected chi connectivity index (χ0v) is 19.6. The highest BCUT2D eigenvalue weighted by Gasteiger charge is 2.23. The molecule has 0 bridgehead atoms. The van der Waals surface area contributed by atoms with E-state index in [1.165, 1.54) is 37.9 Å². The standard InChI is InChI=1S/C24H31N5O3S/c30-33(31)27-23(24(28-33)26-18-20-9-3-1-4-10-20)25-13-8-16-32-22-12-7-11-21(17-22)19-29-14-5-2-6-15-29/h1,3-4,7,9-12,17H,2,5-6,8,13-16,18-19H2,(H,25,27)(H,26,28). The van der Waals surface area contributed by atoms with E-state index in [2.05, 4.69) is 36.5 Å². The fourth-order valence-corrected chi connectivity index (χ4v) is 4.73. The maximum Gasteiger partial charge on any atom is 0.367 e. The Morgan fingerprint density at radius 3 is 2.39 bits per heavy atom. The minimum absolute atomic E-state index is 0.241. The van der Waals surface area contributed by atoms with E-state index in [0.29, 0.717) is 26.1 Å². The quantitative estimate of drug-likeness (QED) is 0.549. The van der Waals surface area contributed by atoms with Crippen molar-refractivity contribution < 1.29 is 13.2 Å². The second kappa shape index (κ2) is 11.3. The van der Waals surface area contributed by atoms with Gasteiger partial charge in [0.25, 0.3) is 0 Å². The zero-order chi connectivity index (χ0) is 22.9. The van der Waals surface area contributed by atoms with Crippen molar-refractivity contribution in [1.82, 2.24) is 15.5 Å². The first-order chi connectivity index (χ1) is 16.1. The van der Waals surface area contributed by atoms with Gasteiger partial charge in [-0.1, -0.05) is 48.9 Å². The molecule has 2 N–H and O–H groups in total. The van der Waals surface area contributed by atoms with Crippen LogP contribution in [0.5, 0.6) is 5.75 Å². The van der Waals surface area contributed by atoms with E-state index in [0.717, 1.165) is 17.9 Å². The molecule has 2 aromatic rings. The van der Waals surface area contributed by atoms with Crippen molar-refractivity contribution in [2.75, 3.05) is 26.2 Å². The van der Waals surface area contributed by atoms with Crippen LogP contribution < -0.4 is 15.4 Å². The van der Waals surface area contributed by atoms with Crippen molar-refractivity contribution in [2.45, 2.75) is 38.8 Å². The monoisotopic (exact) mass is 469 g/mol. The Hall–Kier alpha value is -2.91. The van der Waals surface area contributed by atoms with Gasteiger partial charge in [-0.15, -0.1) is 8.80 Å². The van der Waals surface area contributed by atoms with Gasteiger partial charge in [0, 0.05) is 19.6 Å². The molecule has 1 fully saturated rings. The van der Waals surface area contributed by atoms with Crippen LogP contribution in [0.15, 0.2) is 63.4 Å². The molecule has 0 unspecified atom stereocenters. The zero-order valence-electron chi connectivity index (χ0n) is 18.7. The summed E-state index contributed by atoms with van der Waals surface area (Å²) in [6.07, 6.45) is 4.60. The van der Waals surface area contributed by atoms with E-state index in [1.807, 2.05) is 42.5 Å². The van der Waals surface area contributed by atoms with Gasteiger partial charge in [0.15, 0.2) is 11.7 Å². The molecule has 0 aliphatic carbocycles. The molecule has 2 aliphatic heterocycles. The predicted octanol–water partition coefficient (Wildman–Crippen LogP) is 2.88. The summed E-state index contributed by atoms with van der Waals surface area (Å²) in [6.45, 7) is 4.81. The second-order valence-corrected chi connectivity index (χ2v) is 9.54. The van der Waals surface area contributed by atoms with Crippen LogP contribution in [0.1, 0.15) is 36.8 Å². The Bertz CT molecular complexity index is 1080. The van der Waals surface area contributed by atoms with Crippen LogP contribution in [0.3, 0.4) is 0 Å². The van der Waals surface area contributed by atoms with Crippen molar-refractivity contribution in [3.05, 3.63) is 65.7 Å². The van der Waals surface area contributed by atoms with Crippen LogP contribution >= 0.6 is 0 Å². The molecule has 8 nitrogen and oxygen atoms in total. The minimum atomic E-state index is -3.84. The predicted molar refractivity (Wildman–Crippen MR) is 131 cm³/mol. The molecule has 33 heavy (non-hydrogen) atoms. The molecule has 0 spiro atoms. The van der Waals surface area contributed by atoms with Crippen LogP contribution in [0.25, 0.3) is 0 Å². The average molecular weight is 470 g/mol. The van der Waals surface area contributed by atoms with Gasteiger partial charge in [-0.3, -0.25) is 4.90 Å². The average Bonchev–Trinajstić information content (AvgIpc) is 3.12. The third-order valence-corrected chi connectivity index (χ3v) is 6.40. The summed E-state index contributed by atoms with van der Waals surface area (Å²) in [4.78, 5) is 2.49. The van der Waals surface area contributed by atoms with E-state index in [1.54, 1.807) is 0 Å². The maximum absolute atomic E-state index is 11.8. The highest BCUT2D eigenvalue weighted by Crippen LogP contribution is 2.17. The molecular formula is C24H31N5O3S. The van der Waals surface area contributed by atoms with Crippen LogP contribution in [-0.4, -0.2) is 51.2 Å². The van der Waals surface area contributed by atoms with Crippen LogP contribution in [0.2, 0.25) is 0 Å². The maximum atomic E-state index is 11.8. The minimum Gasteiger partial charge on any atom is -0.494 e. The number of piperidine rings is 1. The summed E-state index contributed by atoms with van der Waals surface area (Å²) in [7, 11) is -3.84. The summed E-state index contributed by atoms with van der Waals surface area (Å²) < 4.78 is 37.0. The van der Waals surface area contributed by atoms with Gasteiger partial charge in [0.05, 0.1) is 6.61 Å². The molecule has 0 aromatic heterocycles. The molecule has 0 amide bonds. The highest BCUT2D eigenvalue weighted by molar-refractivity contribution is 7.89. The molecule has 4 rings (SSSR count). The van der Waals surface area contributed by atoms with Crippen LogP contribution in [0.4, 0.5) is 0 Å². The molecule has 176 valence electrons. The van der Waals surface area contributed by atoms with Crippen molar-refractivity contribution in [1.29, 1.82) is 0 Å². The van der Waals surface area contributed by atoms with Gasteiger partial charge in [0.1, 0.15) is 5.75 Å². The molecule has 0 atom stereocenters. The summed E-state index contributed by atoms with van der Waals surface area (Å²) in [5, 5.41) is 6.12. The van der Waals surface area contributed by atoms with Crippen molar-refractivity contribution >= 4 is 21.9 Å². The molecular weight excluding hydrogens is 438 g/mol. The number of hydrogen-bond donors (Lipinski definition) is 2. The Labute approximate surface area is 196 Å². The number of ether oxygens (including phenoxy) is 1. The van der Waals surface area contributed by atoms with Crippen molar-refractivity contribution in [3.63, 3.8) is 0 Å². The Balaban J connectivity index is 1.20. The summed E-state index contributed by atoms with van der Waals surface area (Å²) >= 11 is 0. The van der Waals surface area contributed by atoms with E-state index in [-0.39, 0.29) is 11.7 Å². The van der Waals surface area contributed by atoms with Crippen LogP contribution in [-0.2, 0) is 23.3 Å². The summed E-state index contributed by atoms with van der Waals surface area (Å²) in [5.74, 6) is 1.34. The molecule has 2 aliphatic rings. The largest absolute Gasteiger partial charge is 0.494 e. The van der Waals surface area contributed by atoms with Gasteiger partial charge in [0.2, 0.25) is 0 Å². The lowest BCUT2D eigenvalue weighted by Gasteiger charge is -2.26. The Morgan fingerprint density at radius 1 is 0.879 bits per heavy atom. The van der Waals surface area contributed by atoms with Crippen LogP contribution in [0, 0.1) is 0 Å². The molecule has 0 saturated carbocycles. The lowest BCUT2D eigenvalue weighted by molar-refractivity contribution is 0.220. The number of benzene rings is 2. The second-order valence-electron chi connectivity index (χ2n) is 8.28. The number of likely N-dealkylation sites (tertiary alicyclic amines) is 1. The van der Waals surface area contributed by atoms with Gasteiger partial charge >= 0.3 is 10.2 Å². The van der Waals surface area contributed by atoms with Crippen molar-refractivity contribution in [2.24, 2.45) is 8.80 Å². The Kier molecular flexibility index (Phi) is 7.96. The van der Waals surface area contributed by atoms with Gasteiger partial charge < -0.3 is 15.4 Å². The lowest BCUT2D eigenvalue weighted by Crippen LogP contribution is -2.38. The first kappa shape index (κ1) is 23.3. The molecule has 0 radical (unpaired) electrons. The summed E-state index contributed by atoms with van der Waals surface area (Å²) in [6, 6.07) is 18.0. The molecule has 2 aromatic carbocycles. The van der Waals surface area contributed by atoms with Crippen molar-refractivity contribution in [3.8, 4) is 5.75 Å². The van der Waals surface area contributed by atoms with Gasteiger partial charge in [-0.25, -0.2) is 0 Å². The first-order valence-corrected chi connectivity index (χ1v) is 12.9. The van der Waals surface area contributed by atoms with E-state index < -0.39 is 10.2 Å². The van der Waals surface area contributed by atoms with E-state index >= 15 is 0 Å². The van der Waals surface area contributed by atoms with Gasteiger partial charge in [-0.05, 0) is 55.6 Å². The third kappa shape index (κ3) is 7.30. The number of hydrogen-bond acceptors (Lipinski definition) is 6. The highest BCUT2D eigenvalue weighted by atomic mass is 32.2. The first-order valence-electron chi connectivity index (χ1n) is 11.5.